The van der Waals surface area contributed by atoms with Crippen molar-refractivity contribution in [2.75, 3.05) is 6.61 Å². The number of aryl methyl sites for hydroxylation is 3. The van der Waals surface area contributed by atoms with Crippen molar-refractivity contribution in [1.82, 2.24) is 5.32 Å². The van der Waals surface area contributed by atoms with Gasteiger partial charge in [0, 0.05) is 12.0 Å². The van der Waals surface area contributed by atoms with Gasteiger partial charge < -0.3 is 15.2 Å². The molecule has 0 aliphatic heterocycles. The number of hydrogen-bond donors (Lipinski definition) is 2. The van der Waals surface area contributed by atoms with Crippen LogP contribution in [0.25, 0.3) is 11.1 Å². The lowest BCUT2D eigenvalue weighted by molar-refractivity contribution is -0.144. The van der Waals surface area contributed by atoms with Gasteiger partial charge in [-0.25, -0.2) is 8.78 Å². The van der Waals surface area contributed by atoms with E-state index in [1.54, 1.807) is 39.8 Å². The number of amides is 1. The fourth-order valence-electron chi connectivity index (χ4n) is 4.51. The van der Waals surface area contributed by atoms with Gasteiger partial charge in [0.15, 0.2) is 0 Å². The summed E-state index contributed by atoms with van der Waals surface area (Å²) in [5.41, 5.74) is 3.95. The van der Waals surface area contributed by atoms with Gasteiger partial charge in [0.2, 0.25) is 5.91 Å². The predicted octanol–water partition coefficient (Wildman–Crippen LogP) is 6.59. The maximum Gasteiger partial charge on any atom is 0.308 e. The number of nitrogens with one attached hydrogen (secondary N) is 1. The fourth-order valence-corrected chi connectivity index (χ4v) is 4.51. The van der Waals surface area contributed by atoms with Gasteiger partial charge in [-0.1, -0.05) is 17.7 Å². The molecule has 0 aliphatic carbocycles. The van der Waals surface area contributed by atoms with Gasteiger partial charge in [-0.2, -0.15) is 0 Å². The minimum absolute atomic E-state index is 0.0326. The van der Waals surface area contributed by atoms with E-state index in [0.29, 0.717) is 28.7 Å². The van der Waals surface area contributed by atoms with E-state index < -0.39 is 29.8 Å². The van der Waals surface area contributed by atoms with Crippen LogP contribution in [0.2, 0.25) is 0 Å². The Morgan fingerprint density at radius 3 is 2.47 bits per heavy atom. The van der Waals surface area contributed by atoms with Crippen molar-refractivity contribution in [1.29, 1.82) is 0 Å². The van der Waals surface area contributed by atoms with Crippen molar-refractivity contribution in [2.45, 2.75) is 78.9 Å². The number of aliphatic hydroxyl groups is 1. The standard InChI is InChI=1S/C31H39F2NO4/c1-7-9-10-11-12-22-16-24(32)15-20(5)29(22)23-14-21(6)30(33)25(17-23)26(18-28(36)38-8-2)34-31(37)27(35)13-19(3)4/h7,9,14-17,26-27,35H,3,8,10-13,18H2,1-2,4-6H3,(H,34,37)/t26-,27+/m0/s1. The molecule has 206 valence electrons. The molecule has 2 atom stereocenters. The number of ether oxygens (including phenoxy) is 1. The van der Waals surface area contributed by atoms with Crippen molar-refractivity contribution in [2.24, 2.45) is 0 Å². The Bertz CT molecular complexity index is 1190. The van der Waals surface area contributed by atoms with Gasteiger partial charge in [-0.15, -0.1) is 6.58 Å². The second-order valence-corrected chi connectivity index (χ2v) is 9.66. The van der Waals surface area contributed by atoms with Crippen LogP contribution in [0.1, 0.15) is 74.8 Å². The Balaban J connectivity index is 2.59. The summed E-state index contributed by atoms with van der Waals surface area (Å²) in [7, 11) is 0. The normalized spacial score (nSPS) is 12.8. The largest absolute Gasteiger partial charge is 0.466 e. The Kier molecular flexibility index (Phi) is 11.9. The SMILES string of the molecule is C=C(C)C[C@@H](O)C(=O)N[C@@H](CC(=O)OCC)c1cc(-c2c(C)cc(F)cc2CCCC=CC)cc(C)c1F. The number of carbonyl (C=O) groups is 2. The summed E-state index contributed by atoms with van der Waals surface area (Å²) >= 11 is 0. The number of allylic oxidation sites excluding steroid dienone is 2. The summed E-state index contributed by atoms with van der Waals surface area (Å²) in [5.74, 6) is -2.28. The average molecular weight is 528 g/mol. The highest BCUT2D eigenvalue weighted by Gasteiger charge is 2.27. The summed E-state index contributed by atoms with van der Waals surface area (Å²) in [4.78, 5) is 25.2. The first-order chi connectivity index (χ1) is 18.0. The maximum absolute atomic E-state index is 15.6. The van der Waals surface area contributed by atoms with Crippen LogP contribution in [0.5, 0.6) is 0 Å². The molecule has 2 aromatic carbocycles. The molecule has 0 heterocycles. The minimum Gasteiger partial charge on any atom is -0.466 e. The third-order valence-corrected chi connectivity index (χ3v) is 6.22. The zero-order valence-corrected chi connectivity index (χ0v) is 23.0. The molecule has 0 unspecified atom stereocenters. The summed E-state index contributed by atoms with van der Waals surface area (Å²) in [6.45, 7) is 12.5. The lowest BCUT2D eigenvalue weighted by Crippen LogP contribution is -2.38. The number of rotatable bonds is 13. The van der Waals surface area contributed by atoms with Crippen molar-refractivity contribution in [3.63, 3.8) is 0 Å². The van der Waals surface area contributed by atoms with Gasteiger partial charge in [-0.05, 0) is 106 Å². The Labute approximate surface area is 224 Å². The van der Waals surface area contributed by atoms with Crippen LogP contribution < -0.4 is 5.32 Å². The van der Waals surface area contributed by atoms with Crippen LogP contribution in [0.15, 0.2) is 48.6 Å². The third kappa shape index (κ3) is 8.62. The molecule has 0 saturated carbocycles. The number of aliphatic hydroxyl groups excluding tert-OH is 1. The molecule has 0 aliphatic rings. The van der Waals surface area contributed by atoms with Crippen molar-refractivity contribution in [3.05, 3.63) is 82.5 Å². The highest BCUT2D eigenvalue weighted by atomic mass is 19.1. The minimum atomic E-state index is -1.40. The fraction of sp³-hybridized carbons (Fsp3) is 0.419. The van der Waals surface area contributed by atoms with E-state index in [1.807, 2.05) is 13.0 Å². The Morgan fingerprint density at radius 1 is 1.13 bits per heavy atom. The maximum atomic E-state index is 15.6. The van der Waals surface area contributed by atoms with E-state index in [2.05, 4.69) is 18.0 Å². The van der Waals surface area contributed by atoms with Gasteiger partial charge in [0.1, 0.15) is 17.7 Å². The van der Waals surface area contributed by atoms with E-state index in [-0.39, 0.29) is 30.8 Å². The van der Waals surface area contributed by atoms with Crippen molar-refractivity contribution in [3.8, 4) is 11.1 Å². The topological polar surface area (TPSA) is 75.6 Å². The zero-order valence-electron chi connectivity index (χ0n) is 23.0. The molecule has 2 N–H and O–H groups in total. The van der Waals surface area contributed by atoms with E-state index in [9.17, 15) is 19.1 Å². The Hall–Kier alpha value is -3.32. The van der Waals surface area contributed by atoms with Gasteiger partial charge in [0.25, 0.3) is 0 Å². The van der Waals surface area contributed by atoms with Crippen molar-refractivity contribution >= 4 is 11.9 Å². The summed E-state index contributed by atoms with van der Waals surface area (Å²) in [6, 6.07) is 5.14. The first-order valence-electron chi connectivity index (χ1n) is 13.0. The van der Waals surface area contributed by atoms with E-state index in [1.165, 1.54) is 12.1 Å². The summed E-state index contributed by atoms with van der Waals surface area (Å²) in [5, 5.41) is 12.9. The monoisotopic (exact) mass is 527 g/mol. The molecule has 0 radical (unpaired) electrons. The smallest absolute Gasteiger partial charge is 0.308 e. The van der Waals surface area contributed by atoms with Crippen LogP contribution in [0, 0.1) is 25.5 Å². The molecule has 7 heteroatoms. The summed E-state index contributed by atoms with van der Waals surface area (Å²) < 4.78 is 35.0. The van der Waals surface area contributed by atoms with Crippen LogP contribution in [0.3, 0.4) is 0 Å². The van der Waals surface area contributed by atoms with Gasteiger partial charge >= 0.3 is 5.97 Å². The highest BCUT2D eigenvalue weighted by molar-refractivity contribution is 5.82. The average Bonchev–Trinajstić information content (AvgIpc) is 2.82. The molecular weight excluding hydrogens is 488 g/mol. The molecule has 0 fully saturated rings. The number of hydrogen-bond acceptors (Lipinski definition) is 4. The first-order valence-corrected chi connectivity index (χ1v) is 13.0. The lowest BCUT2D eigenvalue weighted by Gasteiger charge is -2.23. The molecule has 5 nitrogen and oxygen atoms in total. The molecule has 2 aromatic rings. The number of esters is 1. The molecule has 2 rings (SSSR count). The zero-order chi connectivity index (χ0) is 28.4. The van der Waals surface area contributed by atoms with E-state index in [4.69, 9.17) is 4.74 Å². The molecule has 0 saturated heterocycles. The molecule has 38 heavy (non-hydrogen) atoms. The van der Waals surface area contributed by atoms with Gasteiger partial charge in [-0.3, -0.25) is 9.59 Å². The molecule has 0 bridgehead atoms. The first kappa shape index (κ1) is 30.9. The number of unbranched alkanes of at least 4 members (excludes halogenated alkanes) is 1. The molecule has 0 spiro atoms. The quantitative estimate of drug-likeness (QED) is 0.175. The van der Waals surface area contributed by atoms with Crippen LogP contribution in [-0.2, 0) is 20.7 Å². The van der Waals surface area contributed by atoms with Gasteiger partial charge in [0.05, 0.1) is 19.1 Å². The second-order valence-electron chi connectivity index (χ2n) is 9.66. The van der Waals surface area contributed by atoms with E-state index >= 15 is 4.39 Å². The summed E-state index contributed by atoms with van der Waals surface area (Å²) in [6.07, 6.45) is 4.63. The number of carbonyl (C=O) groups excluding carboxylic acids is 2. The highest BCUT2D eigenvalue weighted by Crippen LogP contribution is 2.35. The van der Waals surface area contributed by atoms with Crippen molar-refractivity contribution < 1.29 is 28.2 Å². The molecule has 1 amide bonds. The molecular formula is C31H39F2NO4. The predicted molar refractivity (Wildman–Crippen MR) is 147 cm³/mol. The second kappa shape index (κ2) is 14.6. The molecule has 0 aromatic heterocycles. The third-order valence-electron chi connectivity index (χ3n) is 6.22. The Morgan fingerprint density at radius 2 is 1.84 bits per heavy atom. The lowest BCUT2D eigenvalue weighted by atomic mass is 9.88. The number of halogens is 2. The number of benzene rings is 2. The van der Waals surface area contributed by atoms with Crippen LogP contribution >= 0.6 is 0 Å². The van der Waals surface area contributed by atoms with Crippen LogP contribution in [-0.4, -0.2) is 29.7 Å². The van der Waals surface area contributed by atoms with E-state index in [0.717, 1.165) is 24.0 Å². The van der Waals surface area contributed by atoms with Crippen LogP contribution in [0.4, 0.5) is 8.78 Å².